The SMILES string of the molecule is COC(=O)Nc1ccc2c(c1)NC(=O)CCN1CCC(CC(NC(=O)/C=C/c3cc(Cl)ccc3-n3cnnn3)c3ncc-2[nH]3)C1. The predicted octanol–water partition coefficient (Wildman–Crippen LogP) is 3.81. The molecule has 0 spiro atoms. The van der Waals surface area contributed by atoms with Crippen LogP contribution >= 0.6 is 11.6 Å². The van der Waals surface area contributed by atoms with E-state index in [9.17, 15) is 14.4 Å². The highest BCUT2D eigenvalue weighted by Crippen LogP contribution is 2.33. The number of hydrogen-bond acceptors (Lipinski definition) is 9. The molecule has 2 aromatic heterocycles. The van der Waals surface area contributed by atoms with Crippen LogP contribution in [0, 0.1) is 5.92 Å². The van der Waals surface area contributed by atoms with E-state index in [1.54, 1.807) is 48.7 Å². The Bertz CT molecular complexity index is 1740. The van der Waals surface area contributed by atoms with Gasteiger partial charge >= 0.3 is 6.09 Å². The summed E-state index contributed by atoms with van der Waals surface area (Å²) in [6.07, 6.45) is 7.57. The molecule has 4 aromatic rings. The van der Waals surface area contributed by atoms with Crippen LogP contribution in [0.25, 0.3) is 23.0 Å². The Labute approximate surface area is 263 Å². The van der Waals surface area contributed by atoms with Gasteiger partial charge in [-0.1, -0.05) is 11.6 Å². The fourth-order valence-corrected chi connectivity index (χ4v) is 5.84. The summed E-state index contributed by atoms with van der Waals surface area (Å²) in [5, 5.41) is 20.6. The average molecular weight is 631 g/mol. The summed E-state index contributed by atoms with van der Waals surface area (Å²) in [6.45, 7) is 2.29. The normalized spacial score (nSPS) is 19.8. The number of rotatable bonds is 5. The van der Waals surface area contributed by atoms with Crippen LogP contribution in [-0.4, -0.2) is 79.7 Å². The first-order chi connectivity index (χ1) is 21.8. The number of imidazole rings is 1. The maximum absolute atomic E-state index is 13.3. The van der Waals surface area contributed by atoms with Gasteiger partial charge in [0, 0.05) is 47.4 Å². The van der Waals surface area contributed by atoms with Gasteiger partial charge in [0.15, 0.2) is 0 Å². The van der Waals surface area contributed by atoms with Crippen molar-refractivity contribution in [3.05, 3.63) is 71.4 Å². The average Bonchev–Trinajstić information content (AvgIpc) is 3.81. The zero-order valence-electron chi connectivity index (χ0n) is 24.4. The Morgan fingerprint density at radius 2 is 2.07 bits per heavy atom. The van der Waals surface area contributed by atoms with E-state index in [2.05, 4.69) is 46.3 Å². The lowest BCUT2D eigenvalue weighted by molar-refractivity contribution is -0.117. The summed E-state index contributed by atoms with van der Waals surface area (Å²) in [4.78, 5) is 48.3. The molecule has 14 nitrogen and oxygen atoms in total. The fourth-order valence-electron chi connectivity index (χ4n) is 5.66. The van der Waals surface area contributed by atoms with E-state index in [1.165, 1.54) is 24.2 Å². The van der Waals surface area contributed by atoms with Crippen molar-refractivity contribution in [1.82, 2.24) is 40.4 Å². The number of ether oxygens (including phenoxy) is 1. The Kier molecular flexibility index (Phi) is 8.84. The van der Waals surface area contributed by atoms with Gasteiger partial charge in [0.25, 0.3) is 0 Å². The van der Waals surface area contributed by atoms with Crippen molar-refractivity contribution < 1.29 is 19.1 Å². The van der Waals surface area contributed by atoms with E-state index in [-0.39, 0.29) is 11.8 Å². The third-order valence-electron chi connectivity index (χ3n) is 7.85. The van der Waals surface area contributed by atoms with Crippen molar-refractivity contribution in [3.8, 4) is 16.9 Å². The number of carbonyl (C=O) groups is 3. The molecule has 1 fully saturated rings. The molecule has 3 amide bonds. The number of halogens is 1. The van der Waals surface area contributed by atoms with Gasteiger partial charge in [-0.2, -0.15) is 4.68 Å². The summed E-state index contributed by atoms with van der Waals surface area (Å²) in [5.41, 5.74) is 3.63. The lowest BCUT2D eigenvalue weighted by atomic mass is 9.98. The molecule has 2 aliphatic rings. The molecule has 6 rings (SSSR count). The molecule has 0 saturated carbocycles. The number of H-pyrrole nitrogens is 1. The van der Waals surface area contributed by atoms with Gasteiger partial charge < -0.3 is 25.3 Å². The number of methoxy groups -OCH3 is 1. The molecule has 2 aromatic carbocycles. The Morgan fingerprint density at radius 1 is 1.18 bits per heavy atom. The Morgan fingerprint density at radius 3 is 2.89 bits per heavy atom. The van der Waals surface area contributed by atoms with Crippen molar-refractivity contribution in [2.75, 3.05) is 37.4 Å². The third kappa shape index (κ3) is 7.19. The number of benzene rings is 2. The van der Waals surface area contributed by atoms with Gasteiger partial charge in [-0.3, -0.25) is 14.9 Å². The van der Waals surface area contributed by atoms with E-state index < -0.39 is 12.1 Å². The minimum Gasteiger partial charge on any atom is -0.453 e. The molecule has 3 unspecified atom stereocenters. The number of aromatic nitrogens is 6. The predicted molar refractivity (Wildman–Crippen MR) is 167 cm³/mol. The summed E-state index contributed by atoms with van der Waals surface area (Å²) < 4.78 is 6.21. The summed E-state index contributed by atoms with van der Waals surface area (Å²) in [5.74, 6) is 0.459. The second-order valence-electron chi connectivity index (χ2n) is 10.9. The van der Waals surface area contributed by atoms with Crippen molar-refractivity contribution in [3.63, 3.8) is 0 Å². The van der Waals surface area contributed by atoms with Crippen molar-refractivity contribution in [2.24, 2.45) is 5.92 Å². The lowest BCUT2D eigenvalue weighted by Crippen LogP contribution is -2.31. The largest absolute Gasteiger partial charge is 0.453 e. The van der Waals surface area contributed by atoms with Crippen LogP contribution in [0.15, 0.2) is 55.0 Å². The van der Waals surface area contributed by atoms with Crippen LogP contribution in [0.1, 0.15) is 36.7 Å². The highest BCUT2D eigenvalue weighted by Gasteiger charge is 2.29. The number of amides is 3. The smallest absolute Gasteiger partial charge is 0.411 e. The quantitative estimate of drug-likeness (QED) is 0.239. The molecule has 45 heavy (non-hydrogen) atoms. The number of carbonyl (C=O) groups excluding carboxylic acids is 3. The van der Waals surface area contributed by atoms with Crippen LogP contribution in [0.3, 0.4) is 0 Å². The van der Waals surface area contributed by atoms with E-state index in [0.29, 0.717) is 70.0 Å². The maximum Gasteiger partial charge on any atom is 0.411 e. The molecule has 4 heterocycles. The van der Waals surface area contributed by atoms with Crippen LogP contribution in [0.4, 0.5) is 16.2 Å². The molecular weight excluding hydrogens is 600 g/mol. The lowest BCUT2D eigenvalue weighted by Gasteiger charge is -2.21. The summed E-state index contributed by atoms with van der Waals surface area (Å²) in [6, 6.07) is 10.00. The Balaban J connectivity index is 1.29. The number of aromatic amines is 1. The number of tetrazole rings is 1. The highest BCUT2D eigenvalue weighted by molar-refractivity contribution is 6.30. The van der Waals surface area contributed by atoms with Gasteiger partial charge in [0.05, 0.1) is 36.4 Å². The van der Waals surface area contributed by atoms with Gasteiger partial charge in [-0.05, 0) is 78.2 Å². The second kappa shape index (κ2) is 13.3. The molecule has 15 heteroatoms. The van der Waals surface area contributed by atoms with Crippen LogP contribution in [0.5, 0.6) is 0 Å². The molecule has 0 radical (unpaired) electrons. The molecular formula is C30H31ClN10O4. The fraction of sp³-hybridized carbons (Fsp3) is 0.300. The van der Waals surface area contributed by atoms with E-state index in [1.807, 2.05) is 0 Å². The first-order valence-electron chi connectivity index (χ1n) is 14.4. The molecule has 0 aliphatic carbocycles. The summed E-state index contributed by atoms with van der Waals surface area (Å²) in [7, 11) is 1.28. The molecule has 1 saturated heterocycles. The molecule has 232 valence electrons. The van der Waals surface area contributed by atoms with E-state index in [4.69, 9.17) is 16.3 Å². The number of anilines is 2. The zero-order valence-corrected chi connectivity index (χ0v) is 25.1. The van der Waals surface area contributed by atoms with Crippen molar-refractivity contribution in [2.45, 2.75) is 25.3 Å². The standard InChI is InChI=1S/C30H31ClN10O4/c1-45-30(44)34-21-4-5-22-23(14-21)35-28(43)9-11-40-10-8-18(16-40)12-24(29-32-15-25(22)37-29)36-27(42)7-2-19-13-20(31)3-6-26(19)41-17-33-38-39-41/h2-7,13-15,17-18,24H,8-12,16H2,1H3,(H,32,37)(H,34,44)(H,35,43)(H,36,42)/b7-2+. The number of nitrogens with one attached hydrogen (secondary N) is 4. The van der Waals surface area contributed by atoms with Crippen molar-refractivity contribution in [1.29, 1.82) is 0 Å². The number of hydrogen-bond donors (Lipinski definition) is 4. The molecule has 4 bridgehead atoms. The topological polar surface area (TPSA) is 172 Å². The van der Waals surface area contributed by atoms with Gasteiger partial charge in [0.1, 0.15) is 12.2 Å². The monoisotopic (exact) mass is 630 g/mol. The van der Waals surface area contributed by atoms with Crippen LogP contribution in [-0.2, 0) is 14.3 Å². The summed E-state index contributed by atoms with van der Waals surface area (Å²) >= 11 is 6.24. The molecule has 3 atom stereocenters. The minimum absolute atomic E-state index is 0.133. The van der Waals surface area contributed by atoms with Crippen LogP contribution in [0.2, 0.25) is 5.02 Å². The van der Waals surface area contributed by atoms with Gasteiger partial charge in [-0.15, -0.1) is 5.10 Å². The Hall–Kier alpha value is -5.08. The zero-order chi connectivity index (χ0) is 31.3. The van der Waals surface area contributed by atoms with E-state index >= 15 is 0 Å². The number of nitrogens with zero attached hydrogens (tertiary/aromatic N) is 6. The van der Waals surface area contributed by atoms with Crippen LogP contribution < -0.4 is 16.0 Å². The second-order valence-corrected chi connectivity index (χ2v) is 11.3. The van der Waals surface area contributed by atoms with Gasteiger partial charge in [-0.25, -0.2) is 9.78 Å². The minimum atomic E-state index is -0.621. The molecule has 4 N–H and O–H groups in total. The van der Waals surface area contributed by atoms with E-state index in [0.717, 1.165) is 19.5 Å². The van der Waals surface area contributed by atoms with Gasteiger partial charge in [0.2, 0.25) is 11.8 Å². The maximum atomic E-state index is 13.3. The third-order valence-corrected chi connectivity index (χ3v) is 8.09. The van der Waals surface area contributed by atoms with Crippen molar-refractivity contribution >= 4 is 47.0 Å². The highest BCUT2D eigenvalue weighted by atomic mass is 35.5. The number of fused-ring (bicyclic) bond motifs is 6. The first-order valence-corrected chi connectivity index (χ1v) is 14.8. The first kappa shape index (κ1) is 30.0. The molecule has 2 aliphatic heterocycles.